The van der Waals surface area contributed by atoms with Gasteiger partial charge < -0.3 is 15.2 Å². The van der Waals surface area contributed by atoms with Crippen LogP contribution in [-0.2, 0) is 4.79 Å². The number of benzene rings is 1. The molecule has 0 aliphatic heterocycles. The largest absolute Gasteiger partial charge is 0.494 e. The predicted octanol–water partition coefficient (Wildman–Crippen LogP) is 2.85. The Bertz CT molecular complexity index is 395. The number of thioether (sulfide) groups is 1. The van der Waals surface area contributed by atoms with E-state index in [0.29, 0.717) is 18.9 Å². The van der Waals surface area contributed by atoms with Crippen LogP contribution >= 0.6 is 11.8 Å². The zero-order chi connectivity index (χ0) is 15.3. The third kappa shape index (κ3) is 8.63. The number of hydrogen-bond donors (Lipinski definition) is 2. The van der Waals surface area contributed by atoms with Gasteiger partial charge in [0, 0.05) is 18.0 Å². The summed E-state index contributed by atoms with van der Waals surface area (Å²) in [5, 5.41) is 11.6. The van der Waals surface area contributed by atoms with Gasteiger partial charge in [0.2, 0.25) is 5.91 Å². The highest BCUT2D eigenvalue weighted by molar-refractivity contribution is 8.00. The van der Waals surface area contributed by atoms with Crippen LogP contribution in [0.4, 0.5) is 0 Å². The van der Waals surface area contributed by atoms with Crippen molar-refractivity contribution >= 4 is 17.7 Å². The highest BCUT2D eigenvalue weighted by Gasteiger charge is 2.02. The number of ether oxygens (including phenoxy) is 1. The van der Waals surface area contributed by atoms with Crippen LogP contribution in [0.1, 0.15) is 32.6 Å². The molecule has 5 heteroatoms. The molecule has 2 N–H and O–H groups in total. The average Bonchev–Trinajstić information content (AvgIpc) is 2.50. The quantitative estimate of drug-likeness (QED) is 0.487. The normalized spacial score (nSPS) is 10.4. The molecule has 4 nitrogen and oxygen atoms in total. The first kappa shape index (κ1) is 17.9. The fourth-order valence-electron chi connectivity index (χ4n) is 1.82. The van der Waals surface area contributed by atoms with Crippen molar-refractivity contribution in [2.24, 2.45) is 0 Å². The third-order valence-electron chi connectivity index (χ3n) is 2.91. The molecule has 0 radical (unpaired) electrons. The molecule has 0 saturated carbocycles. The van der Waals surface area contributed by atoms with Gasteiger partial charge in [-0.3, -0.25) is 4.79 Å². The first-order valence-corrected chi connectivity index (χ1v) is 8.48. The lowest BCUT2D eigenvalue weighted by Crippen LogP contribution is -2.26. The fourth-order valence-corrected chi connectivity index (χ4v) is 2.55. The lowest BCUT2D eigenvalue weighted by atomic mass is 10.2. The standard InChI is InChI=1S/C16H25NO3S/c1-2-20-14-7-9-15(10-8-14)21-13-16(19)17-11-5-3-4-6-12-18/h7-10,18H,2-6,11-13H2,1H3,(H,17,19). The molecule has 21 heavy (non-hydrogen) atoms. The van der Waals surface area contributed by atoms with Crippen LogP contribution < -0.4 is 10.1 Å². The molecule has 118 valence electrons. The summed E-state index contributed by atoms with van der Waals surface area (Å²) in [6, 6.07) is 7.78. The van der Waals surface area contributed by atoms with E-state index in [2.05, 4.69) is 5.32 Å². The van der Waals surface area contributed by atoms with Gasteiger partial charge in [0.15, 0.2) is 0 Å². The number of carbonyl (C=O) groups excluding carboxylic acids is 1. The van der Waals surface area contributed by atoms with Gasteiger partial charge in [0.1, 0.15) is 5.75 Å². The summed E-state index contributed by atoms with van der Waals surface area (Å²) in [5.74, 6) is 1.36. The number of unbranched alkanes of at least 4 members (excludes halogenated alkanes) is 3. The van der Waals surface area contributed by atoms with E-state index >= 15 is 0 Å². The van der Waals surface area contributed by atoms with Gasteiger partial charge in [0.25, 0.3) is 0 Å². The van der Waals surface area contributed by atoms with Crippen LogP contribution in [0.25, 0.3) is 0 Å². The zero-order valence-corrected chi connectivity index (χ0v) is 13.5. The minimum Gasteiger partial charge on any atom is -0.494 e. The molecule has 1 aromatic rings. The summed E-state index contributed by atoms with van der Waals surface area (Å²) in [4.78, 5) is 12.7. The number of hydrogen-bond acceptors (Lipinski definition) is 4. The second-order valence-electron chi connectivity index (χ2n) is 4.68. The van der Waals surface area contributed by atoms with Crippen molar-refractivity contribution in [3.8, 4) is 5.75 Å². The SMILES string of the molecule is CCOc1ccc(SCC(=O)NCCCCCCO)cc1. The molecule has 1 amide bonds. The predicted molar refractivity (Wildman–Crippen MR) is 86.9 cm³/mol. The molecule has 0 heterocycles. The molecule has 0 aliphatic carbocycles. The number of rotatable bonds is 11. The smallest absolute Gasteiger partial charge is 0.230 e. The maximum absolute atomic E-state index is 11.7. The number of nitrogens with one attached hydrogen (secondary N) is 1. The molecule has 0 fully saturated rings. The lowest BCUT2D eigenvalue weighted by molar-refractivity contribution is -0.118. The Hall–Kier alpha value is -1.20. The summed E-state index contributed by atoms with van der Waals surface area (Å²) >= 11 is 1.53. The maximum atomic E-state index is 11.7. The van der Waals surface area contributed by atoms with Crippen LogP contribution in [0, 0.1) is 0 Å². The minimum absolute atomic E-state index is 0.0658. The Balaban J connectivity index is 2.12. The van der Waals surface area contributed by atoms with E-state index in [1.54, 1.807) is 0 Å². The van der Waals surface area contributed by atoms with Crippen molar-refractivity contribution in [3.63, 3.8) is 0 Å². The van der Waals surface area contributed by atoms with E-state index in [4.69, 9.17) is 9.84 Å². The summed E-state index contributed by atoms with van der Waals surface area (Å²) < 4.78 is 5.38. The van der Waals surface area contributed by atoms with E-state index in [1.807, 2.05) is 31.2 Å². The van der Waals surface area contributed by atoms with Crippen molar-refractivity contribution in [1.29, 1.82) is 0 Å². The van der Waals surface area contributed by atoms with Crippen molar-refractivity contribution in [3.05, 3.63) is 24.3 Å². The van der Waals surface area contributed by atoms with Crippen LogP contribution in [-0.4, -0.2) is 36.5 Å². The molecule has 0 spiro atoms. The van der Waals surface area contributed by atoms with Crippen LogP contribution in [0.15, 0.2) is 29.2 Å². The molecule has 0 aromatic heterocycles. The Morgan fingerprint density at radius 2 is 1.90 bits per heavy atom. The summed E-state index contributed by atoms with van der Waals surface area (Å²) in [7, 11) is 0. The zero-order valence-electron chi connectivity index (χ0n) is 12.6. The van der Waals surface area contributed by atoms with Gasteiger partial charge in [-0.25, -0.2) is 0 Å². The number of aliphatic hydroxyl groups excluding tert-OH is 1. The summed E-state index contributed by atoms with van der Waals surface area (Å²) in [6.07, 6.45) is 3.89. The minimum atomic E-state index is 0.0658. The Kier molecular flexibility index (Phi) is 9.74. The molecule has 1 rings (SSSR count). The van der Waals surface area contributed by atoms with Gasteiger partial charge in [-0.15, -0.1) is 11.8 Å². The van der Waals surface area contributed by atoms with Gasteiger partial charge in [-0.1, -0.05) is 12.8 Å². The van der Waals surface area contributed by atoms with Gasteiger partial charge in [-0.2, -0.15) is 0 Å². The molecule has 0 unspecified atom stereocenters. The highest BCUT2D eigenvalue weighted by atomic mass is 32.2. The van der Waals surface area contributed by atoms with Crippen molar-refractivity contribution in [1.82, 2.24) is 5.32 Å². The number of aliphatic hydroxyl groups is 1. The first-order valence-electron chi connectivity index (χ1n) is 7.49. The monoisotopic (exact) mass is 311 g/mol. The van der Waals surface area contributed by atoms with Crippen LogP contribution in [0.2, 0.25) is 0 Å². The third-order valence-corrected chi connectivity index (χ3v) is 3.92. The maximum Gasteiger partial charge on any atom is 0.230 e. The fraction of sp³-hybridized carbons (Fsp3) is 0.562. The molecular formula is C16H25NO3S. The Labute approximate surface area is 131 Å². The summed E-state index contributed by atoms with van der Waals surface area (Å²) in [5.41, 5.74) is 0. The van der Waals surface area contributed by atoms with Crippen molar-refractivity contribution in [2.45, 2.75) is 37.5 Å². The van der Waals surface area contributed by atoms with Crippen molar-refractivity contribution in [2.75, 3.05) is 25.5 Å². The van der Waals surface area contributed by atoms with E-state index < -0.39 is 0 Å². The van der Waals surface area contributed by atoms with Crippen LogP contribution in [0.3, 0.4) is 0 Å². The van der Waals surface area contributed by atoms with Gasteiger partial charge >= 0.3 is 0 Å². The average molecular weight is 311 g/mol. The highest BCUT2D eigenvalue weighted by Crippen LogP contribution is 2.21. The lowest BCUT2D eigenvalue weighted by Gasteiger charge is -2.06. The van der Waals surface area contributed by atoms with Gasteiger partial charge in [-0.05, 0) is 44.0 Å². The van der Waals surface area contributed by atoms with E-state index in [-0.39, 0.29) is 12.5 Å². The van der Waals surface area contributed by atoms with E-state index in [1.165, 1.54) is 11.8 Å². The topological polar surface area (TPSA) is 58.6 Å². The van der Waals surface area contributed by atoms with E-state index in [0.717, 1.165) is 36.3 Å². The van der Waals surface area contributed by atoms with Gasteiger partial charge in [0.05, 0.1) is 12.4 Å². The molecule has 0 atom stereocenters. The number of amides is 1. The van der Waals surface area contributed by atoms with Crippen molar-refractivity contribution < 1.29 is 14.6 Å². The Morgan fingerprint density at radius 1 is 1.19 bits per heavy atom. The molecular weight excluding hydrogens is 286 g/mol. The second-order valence-corrected chi connectivity index (χ2v) is 5.73. The molecule has 0 saturated heterocycles. The first-order chi connectivity index (χ1) is 10.3. The molecule has 0 bridgehead atoms. The molecule has 0 aliphatic rings. The van der Waals surface area contributed by atoms with E-state index in [9.17, 15) is 4.79 Å². The Morgan fingerprint density at radius 3 is 2.57 bits per heavy atom. The van der Waals surface area contributed by atoms with Crippen LogP contribution in [0.5, 0.6) is 5.75 Å². The second kappa shape index (κ2) is 11.5. The summed E-state index contributed by atoms with van der Waals surface area (Å²) in [6.45, 7) is 3.59. The molecule has 1 aromatic carbocycles. The number of carbonyl (C=O) groups is 1.